The van der Waals surface area contributed by atoms with Crippen molar-refractivity contribution in [1.82, 2.24) is 15.1 Å². The van der Waals surface area contributed by atoms with Crippen LogP contribution in [-0.4, -0.2) is 74.7 Å². The van der Waals surface area contributed by atoms with Gasteiger partial charge in [0.1, 0.15) is 0 Å². The van der Waals surface area contributed by atoms with Crippen LogP contribution in [0.15, 0.2) is 35.3 Å². The average molecular weight is 399 g/mol. The normalized spacial score (nSPS) is 26.2. The van der Waals surface area contributed by atoms with Gasteiger partial charge in [0, 0.05) is 39.8 Å². The van der Waals surface area contributed by atoms with Crippen LogP contribution >= 0.6 is 0 Å². The van der Waals surface area contributed by atoms with Gasteiger partial charge in [0.15, 0.2) is 5.96 Å². The molecule has 2 heterocycles. The third-order valence-corrected chi connectivity index (χ3v) is 6.77. The van der Waals surface area contributed by atoms with Crippen molar-refractivity contribution < 1.29 is 9.53 Å². The molecule has 0 aromatic heterocycles. The summed E-state index contributed by atoms with van der Waals surface area (Å²) in [5.74, 6) is 2.52. The fraction of sp³-hybridized carbons (Fsp3) is 0.652. The Kier molecular flexibility index (Phi) is 6.70. The number of carbonyl (C=O) groups excluding carboxylic acids is 1. The molecule has 1 aliphatic carbocycles. The Balaban J connectivity index is 1.43. The summed E-state index contributed by atoms with van der Waals surface area (Å²) in [6.45, 7) is 5.35. The number of hydrogen-bond acceptors (Lipinski definition) is 3. The van der Waals surface area contributed by atoms with Gasteiger partial charge in [-0.15, -0.1) is 0 Å². The summed E-state index contributed by atoms with van der Waals surface area (Å²) < 4.78 is 5.43. The van der Waals surface area contributed by atoms with Gasteiger partial charge in [0.05, 0.1) is 19.1 Å². The van der Waals surface area contributed by atoms with E-state index in [4.69, 9.17) is 4.74 Å². The van der Waals surface area contributed by atoms with Gasteiger partial charge in [-0.05, 0) is 30.2 Å². The molecule has 29 heavy (non-hydrogen) atoms. The van der Waals surface area contributed by atoms with Crippen LogP contribution < -0.4 is 5.32 Å². The van der Waals surface area contributed by atoms with Crippen LogP contribution in [0, 0.1) is 11.8 Å². The summed E-state index contributed by atoms with van der Waals surface area (Å²) >= 11 is 0. The number of rotatable bonds is 4. The van der Waals surface area contributed by atoms with Crippen molar-refractivity contribution in [1.29, 1.82) is 0 Å². The fourth-order valence-electron chi connectivity index (χ4n) is 5.14. The van der Waals surface area contributed by atoms with E-state index in [9.17, 15) is 4.79 Å². The Morgan fingerprint density at radius 2 is 1.76 bits per heavy atom. The van der Waals surface area contributed by atoms with Crippen LogP contribution in [0.4, 0.5) is 0 Å². The molecule has 3 unspecified atom stereocenters. The summed E-state index contributed by atoms with van der Waals surface area (Å²) in [7, 11) is 1.85. The molecule has 158 valence electrons. The molecular weight excluding hydrogens is 364 g/mol. The van der Waals surface area contributed by atoms with E-state index >= 15 is 0 Å². The maximum absolute atomic E-state index is 13.3. The van der Waals surface area contributed by atoms with E-state index in [1.165, 1.54) is 25.7 Å². The number of amides is 1. The molecule has 2 aliphatic heterocycles. The molecule has 0 bridgehead atoms. The molecule has 6 nitrogen and oxygen atoms in total. The number of nitrogens with zero attached hydrogens (tertiary/aromatic N) is 3. The number of benzene rings is 1. The van der Waals surface area contributed by atoms with Crippen LogP contribution in [0.3, 0.4) is 0 Å². The number of morpholine rings is 1. The molecule has 3 fully saturated rings. The zero-order valence-electron chi connectivity index (χ0n) is 17.6. The Hall–Kier alpha value is -2.08. The average Bonchev–Trinajstić information content (AvgIpc) is 3.21. The number of nitrogens with one attached hydrogen (secondary N) is 1. The number of carbonyl (C=O) groups is 1. The Bertz CT molecular complexity index is 688. The predicted molar refractivity (Wildman–Crippen MR) is 115 cm³/mol. The number of likely N-dealkylation sites (tertiary alicyclic amines) is 1. The molecule has 4 rings (SSSR count). The molecule has 1 aromatic rings. The second-order valence-electron chi connectivity index (χ2n) is 8.54. The highest BCUT2D eigenvalue weighted by atomic mass is 16.5. The minimum absolute atomic E-state index is 0.178. The molecule has 0 radical (unpaired) electrons. The van der Waals surface area contributed by atoms with E-state index in [0.29, 0.717) is 32.8 Å². The molecule has 6 heteroatoms. The van der Waals surface area contributed by atoms with Gasteiger partial charge in [-0.3, -0.25) is 9.79 Å². The van der Waals surface area contributed by atoms with Crippen LogP contribution in [0.25, 0.3) is 0 Å². The van der Waals surface area contributed by atoms with E-state index in [2.05, 4.69) is 27.3 Å². The van der Waals surface area contributed by atoms with E-state index in [1.54, 1.807) is 0 Å². The van der Waals surface area contributed by atoms with Crippen LogP contribution in [0.1, 0.15) is 37.2 Å². The Morgan fingerprint density at radius 1 is 1.10 bits per heavy atom. The number of hydrogen-bond donors (Lipinski definition) is 1. The van der Waals surface area contributed by atoms with Crippen molar-refractivity contribution in [2.24, 2.45) is 16.8 Å². The minimum atomic E-state index is -0.212. The van der Waals surface area contributed by atoms with Crippen LogP contribution in [0.5, 0.6) is 0 Å². The topological polar surface area (TPSA) is 57.2 Å². The highest BCUT2D eigenvalue weighted by molar-refractivity contribution is 5.86. The summed E-state index contributed by atoms with van der Waals surface area (Å²) in [4.78, 5) is 22.2. The first-order valence-corrected chi connectivity index (χ1v) is 11.1. The Morgan fingerprint density at radius 3 is 2.38 bits per heavy atom. The van der Waals surface area contributed by atoms with Gasteiger partial charge in [-0.25, -0.2) is 0 Å². The molecule has 0 spiro atoms. The summed E-state index contributed by atoms with van der Waals surface area (Å²) in [5, 5.41) is 3.54. The summed E-state index contributed by atoms with van der Waals surface area (Å²) in [6, 6.07) is 10.1. The van der Waals surface area contributed by atoms with Crippen molar-refractivity contribution in [3.8, 4) is 0 Å². The van der Waals surface area contributed by atoms with E-state index in [1.807, 2.05) is 30.1 Å². The number of ether oxygens (including phenoxy) is 1. The molecule has 1 N–H and O–H groups in total. The van der Waals surface area contributed by atoms with Crippen molar-refractivity contribution in [3.05, 3.63) is 35.9 Å². The molecule has 3 atom stereocenters. The van der Waals surface area contributed by atoms with Crippen molar-refractivity contribution in [2.45, 2.75) is 31.6 Å². The second-order valence-corrected chi connectivity index (χ2v) is 8.54. The lowest BCUT2D eigenvalue weighted by Crippen LogP contribution is -2.47. The van der Waals surface area contributed by atoms with E-state index < -0.39 is 0 Å². The second kappa shape index (κ2) is 9.61. The van der Waals surface area contributed by atoms with Gasteiger partial charge < -0.3 is 19.9 Å². The summed E-state index contributed by atoms with van der Waals surface area (Å²) in [6.07, 6.45) is 5.43. The first-order chi connectivity index (χ1) is 14.3. The third kappa shape index (κ3) is 4.74. The molecule has 1 aromatic carbocycles. The van der Waals surface area contributed by atoms with Crippen molar-refractivity contribution in [2.75, 3.05) is 53.0 Å². The fourth-order valence-corrected chi connectivity index (χ4v) is 5.14. The standard InChI is InChI=1S/C23H34N4O2/c1-24-23(27-16-19-9-5-6-10-20(19)17-27)25-15-21(18-7-3-2-4-8-18)22(28)26-11-13-29-14-12-26/h2-4,7-8,19-21H,5-6,9-17H2,1H3,(H,24,25). The monoisotopic (exact) mass is 398 g/mol. The first-order valence-electron chi connectivity index (χ1n) is 11.1. The third-order valence-electron chi connectivity index (χ3n) is 6.77. The van der Waals surface area contributed by atoms with Gasteiger partial charge in [-0.1, -0.05) is 43.2 Å². The quantitative estimate of drug-likeness (QED) is 0.625. The van der Waals surface area contributed by atoms with E-state index in [0.717, 1.165) is 36.4 Å². The van der Waals surface area contributed by atoms with Gasteiger partial charge in [-0.2, -0.15) is 0 Å². The zero-order chi connectivity index (χ0) is 20.1. The summed E-state index contributed by atoms with van der Waals surface area (Å²) in [5.41, 5.74) is 1.06. The lowest BCUT2D eigenvalue weighted by molar-refractivity contribution is -0.136. The van der Waals surface area contributed by atoms with E-state index in [-0.39, 0.29) is 11.8 Å². The SMILES string of the molecule is CN=C(NCC(C(=O)N1CCOCC1)c1ccccc1)N1CC2CCCCC2C1. The lowest BCUT2D eigenvalue weighted by Gasteiger charge is -2.31. The lowest BCUT2D eigenvalue weighted by atomic mass is 9.82. The minimum Gasteiger partial charge on any atom is -0.378 e. The van der Waals surface area contributed by atoms with Crippen molar-refractivity contribution in [3.63, 3.8) is 0 Å². The molecule has 2 saturated heterocycles. The maximum atomic E-state index is 13.3. The van der Waals surface area contributed by atoms with Gasteiger partial charge in [0.25, 0.3) is 0 Å². The largest absolute Gasteiger partial charge is 0.378 e. The van der Waals surface area contributed by atoms with Crippen molar-refractivity contribution >= 4 is 11.9 Å². The number of aliphatic imine (C=N–C) groups is 1. The molecular formula is C23H34N4O2. The molecule has 1 amide bonds. The molecule has 3 aliphatic rings. The Labute approximate surface area is 174 Å². The smallest absolute Gasteiger partial charge is 0.232 e. The predicted octanol–water partition coefficient (Wildman–Crippen LogP) is 2.33. The van der Waals surface area contributed by atoms with Gasteiger partial charge >= 0.3 is 0 Å². The first kappa shape index (κ1) is 20.2. The maximum Gasteiger partial charge on any atom is 0.232 e. The number of fused-ring (bicyclic) bond motifs is 1. The van der Waals surface area contributed by atoms with Gasteiger partial charge in [0.2, 0.25) is 5.91 Å². The zero-order valence-corrected chi connectivity index (χ0v) is 17.6. The number of guanidine groups is 1. The highest BCUT2D eigenvalue weighted by Gasteiger charge is 2.36. The molecule has 1 saturated carbocycles. The highest BCUT2D eigenvalue weighted by Crippen LogP contribution is 2.36. The van der Waals surface area contributed by atoms with Crippen LogP contribution in [-0.2, 0) is 9.53 Å². The van der Waals surface area contributed by atoms with Crippen LogP contribution in [0.2, 0.25) is 0 Å².